The Hall–Kier alpha value is -2.86. The van der Waals surface area contributed by atoms with E-state index in [2.05, 4.69) is 4.98 Å². The number of hydrogen-bond acceptors (Lipinski definition) is 4. The fourth-order valence-corrected chi connectivity index (χ4v) is 3.83. The summed E-state index contributed by atoms with van der Waals surface area (Å²) in [7, 11) is 0. The van der Waals surface area contributed by atoms with Gasteiger partial charge in [0.1, 0.15) is 11.9 Å². The van der Waals surface area contributed by atoms with Gasteiger partial charge in [0.05, 0.1) is 24.9 Å². The summed E-state index contributed by atoms with van der Waals surface area (Å²) >= 11 is 0. The smallest absolute Gasteiger partial charge is 0.253 e. The van der Waals surface area contributed by atoms with Crippen LogP contribution >= 0.6 is 0 Å². The van der Waals surface area contributed by atoms with Crippen LogP contribution in [0.2, 0.25) is 0 Å². The van der Waals surface area contributed by atoms with E-state index < -0.39 is 6.10 Å². The standard InChI is InChI=1S/C22H24N2O4/c1-14-9-15(2)20-16(10-14)11-17(21(25)23-20)12-24(13-18-5-3-7-27-18)22(26)19-6-4-8-28-19/h3,5,7,9-11,19H,4,6,8,12-13H2,1-2H3,(H,23,25)/t19-/m0/s1. The summed E-state index contributed by atoms with van der Waals surface area (Å²) in [6.07, 6.45) is 2.72. The fraction of sp³-hybridized carbons (Fsp3) is 0.364. The molecule has 146 valence electrons. The number of nitrogens with one attached hydrogen (secondary N) is 1. The Morgan fingerprint density at radius 1 is 1.25 bits per heavy atom. The number of H-pyrrole nitrogens is 1. The first kappa shape index (κ1) is 18.5. The largest absolute Gasteiger partial charge is 0.467 e. The fourth-order valence-electron chi connectivity index (χ4n) is 3.83. The van der Waals surface area contributed by atoms with Crippen LogP contribution in [0.1, 0.15) is 35.3 Å². The zero-order valence-electron chi connectivity index (χ0n) is 16.2. The number of rotatable bonds is 5. The number of nitrogens with zero attached hydrogens (tertiary/aromatic N) is 1. The highest BCUT2D eigenvalue weighted by atomic mass is 16.5. The van der Waals surface area contributed by atoms with Crippen LogP contribution in [0.25, 0.3) is 10.9 Å². The molecule has 0 radical (unpaired) electrons. The van der Waals surface area contributed by atoms with E-state index >= 15 is 0 Å². The predicted octanol–water partition coefficient (Wildman–Crippen LogP) is 3.45. The maximum Gasteiger partial charge on any atom is 0.253 e. The van der Waals surface area contributed by atoms with E-state index in [0.717, 1.165) is 28.5 Å². The summed E-state index contributed by atoms with van der Waals surface area (Å²) < 4.78 is 11.0. The zero-order chi connectivity index (χ0) is 19.7. The number of ether oxygens (including phenoxy) is 1. The second-order valence-corrected chi connectivity index (χ2v) is 7.45. The second-order valence-electron chi connectivity index (χ2n) is 7.45. The minimum absolute atomic E-state index is 0.103. The van der Waals surface area contributed by atoms with Gasteiger partial charge in [-0.3, -0.25) is 9.59 Å². The van der Waals surface area contributed by atoms with Crippen LogP contribution in [0.3, 0.4) is 0 Å². The lowest BCUT2D eigenvalue weighted by Crippen LogP contribution is -2.39. The van der Waals surface area contributed by atoms with Crippen LogP contribution in [0.4, 0.5) is 0 Å². The van der Waals surface area contributed by atoms with Crippen molar-refractivity contribution in [2.24, 2.45) is 0 Å². The third kappa shape index (κ3) is 3.73. The maximum atomic E-state index is 13.0. The lowest BCUT2D eigenvalue weighted by Gasteiger charge is -2.24. The van der Waals surface area contributed by atoms with Crippen molar-refractivity contribution in [1.82, 2.24) is 9.88 Å². The first-order chi connectivity index (χ1) is 13.5. The Labute approximate surface area is 163 Å². The number of benzene rings is 1. The van der Waals surface area contributed by atoms with E-state index in [1.165, 1.54) is 0 Å². The summed E-state index contributed by atoms with van der Waals surface area (Å²) in [6, 6.07) is 9.58. The number of carbonyl (C=O) groups is 1. The predicted molar refractivity (Wildman–Crippen MR) is 106 cm³/mol. The van der Waals surface area contributed by atoms with Crippen molar-refractivity contribution >= 4 is 16.8 Å². The highest BCUT2D eigenvalue weighted by Gasteiger charge is 2.29. The van der Waals surface area contributed by atoms with E-state index in [1.807, 2.05) is 38.1 Å². The minimum atomic E-state index is -0.445. The van der Waals surface area contributed by atoms with Crippen LogP contribution in [0, 0.1) is 13.8 Å². The molecule has 1 aliphatic heterocycles. The second kappa shape index (κ2) is 7.64. The number of furan rings is 1. The Bertz CT molecular complexity index is 1050. The lowest BCUT2D eigenvalue weighted by molar-refractivity contribution is -0.142. The molecule has 1 amide bonds. The Kier molecular flexibility index (Phi) is 5.05. The van der Waals surface area contributed by atoms with Gasteiger partial charge in [0.2, 0.25) is 0 Å². The van der Waals surface area contributed by atoms with Gasteiger partial charge >= 0.3 is 0 Å². The molecule has 3 aromatic rings. The minimum Gasteiger partial charge on any atom is -0.467 e. The summed E-state index contributed by atoms with van der Waals surface area (Å²) in [6.45, 7) is 5.12. The summed E-state index contributed by atoms with van der Waals surface area (Å²) in [4.78, 5) is 30.3. The molecule has 0 saturated carbocycles. The topological polar surface area (TPSA) is 75.5 Å². The van der Waals surface area contributed by atoms with Crippen LogP contribution in [-0.4, -0.2) is 28.5 Å². The van der Waals surface area contributed by atoms with Gasteiger partial charge in [-0.25, -0.2) is 0 Å². The molecule has 1 saturated heterocycles. The molecule has 6 heteroatoms. The maximum absolute atomic E-state index is 13.0. The van der Waals surface area contributed by atoms with Gasteiger partial charge in [0.25, 0.3) is 11.5 Å². The Morgan fingerprint density at radius 2 is 2.11 bits per heavy atom. The molecule has 1 atom stereocenters. The number of aromatic nitrogens is 1. The Morgan fingerprint density at radius 3 is 2.82 bits per heavy atom. The first-order valence-corrected chi connectivity index (χ1v) is 9.57. The molecule has 0 bridgehead atoms. The van der Waals surface area contributed by atoms with Crippen molar-refractivity contribution in [2.45, 2.75) is 45.9 Å². The highest BCUT2D eigenvalue weighted by molar-refractivity contribution is 5.83. The van der Waals surface area contributed by atoms with Crippen LogP contribution in [-0.2, 0) is 22.6 Å². The summed E-state index contributed by atoms with van der Waals surface area (Å²) in [5, 5.41) is 0.967. The molecule has 28 heavy (non-hydrogen) atoms. The Balaban J connectivity index is 1.68. The van der Waals surface area contributed by atoms with Crippen molar-refractivity contribution in [3.8, 4) is 0 Å². The third-order valence-electron chi connectivity index (χ3n) is 5.18. The van der Waals surface area contributed by atoms with Crippen LogP contribution in [0.15, 0.2) is 45.8 Å². The molecule has 0 spiro atoms. The molecule has 1 aromatic carbocycles. The quantitative estimate of drug-likeness (QED) is 0.736. The van der Waals surface area contributed by atoms with Crippen molar-refractivity contribution in [1.29, 1.82) is 0 Å². The van der Waals surface area contributed by atoms with Gasteiger partial charge in [-0.2, -0.15) is 0 Å². The van der Waals surface area contributed by atoms with Gasteiger partial charge in [-0.1, -0.05) is 11.6 Å². The molecule has 1 N–H and O–H groups in total. The number of carbonyl (C=O) groups excluding carboxylic acids is 1. The third-order valence-corrected chi connectivity index (χ3v) is 5.18. The van der Waals surface area contributed by atoms with Gasteiger partial charge in [-0.05, 0) is 61.9 Å². The molecular formula is C22H24N2O4. The molecule has 1 aliphatic rings. The number of aryl methyl sites for hydroxylation is 2. The van der Waals surface area contributed by atoms with E-state index in [0.29, 0.717) is 30.9 Å². The lowest BCUT2D eigenvalue weighted by atomic mass is 10.0. The van der Waals surface area contributed by atoms with Crippen LogP contribution in [0.5, 0.6) is 0 Å². The zero-order valence-corrected chi connectivity index (χ0v) is 16.2. The number of pyridine rings is 1. The number of fused-ring (bicyclic) bond motifs is 1. The monoisotopic (exact) mass is 380 g/mol. The average molecular weight is 380 g/mol. The molecule has 0 unspecified atom stereocenters. The number of amides is 1. The number of aromatic amines is 1. The molecule has 1 fully saturated rings. The summed E-state index contributed by atoms with van der Waals surface area (Å²) in [5.41, 5.74) is 3.37. The summed E-state index contributed by atoms with van der Waals surface area (Å²) in [5.74, 6) is 0.573. The SMILES string of the molecule is Cc1cc(C)c2[nH]c(=O)c(CN(Cc3ccco3)C(=O)[C@@H]3CCCO3)cc2c1. The van der Waals surface area contributed by atoms with Gasteiger partial charge in [0, 0.05) is 12.2 Å². The van der Waals surface area contributed by atoms with Gasteiger partial charge in [0.15, 0.2) is 0 Å². The van der Waals surface area contributed by atoms with Crippen molar-refractivity contribution in [2.75, 3.05) is 6.61 Å². The number of hydrogen-bond donors (Lipinski definition) is 1. The molecule has 4 rings (SSSR count). The van der Waals surface area contributed by atoms with Crippen molar-refractivity contribution in [3.63, 3.8) is 0 Å². The van der Waals surface area contributed by atoms with Crippen molar-refractivity contribution in [3.05, 3.63) is 69.4 Å². The molecule has 6 nitrogen and oxygen atoms in total. The van der Waals surface area contributed by atoms with Gasteiger partial charge < -0.3 is 19.0 Å². The van der Waals surface area contributed by atoms with Crippen LogP contribution < -0.4 is 5.56 Å². The van der Waals surface area contributed by atoms with E-state index in [1.54, 1.807) is 17.2 Å². The molecule has 3 heterocycles. The molecule has 2 aromatic heterocycles. The highest BCUT2D eigenvalue weighted by Crippen LogP contribution is 2.21. The first-order valence-electron chi connectivity index (χ1n) is 9.57. The van der Waals surface area contributed by atoms with E-state index in [4.69, 9.17) is 9.15 Å². The van der Waals surface area contributed by atoms with Gasteiger partial charge in [-0.15, -0.1) is 0 Å². The van der Waals surface area contributed by atoms with E-state index in [-0.39, 0.29) is 18.0 Å². The van der Waals surface area contributed by atoms with E-state index in [9.17, 15) is 9.59 Å². The van der Waals surface area contributed by atoms with Crippen molar-refractivity contribution < 1.29 is 13.9 Å². The normalized spacial score (nSPS) is 16.6. The average Bonchev–Trinajstić information content (AvgIpc) is 3.35. The molecule has 0 aliphatic carbocycles. The molecular weight excluding hydrogens is 356 g/mol.